The maximum Gasteiger partial charge on any atom is 0.511 e. The number of carbonyl (C=O) groups is 5. The fourth-order valence-electron chi connectivity index (χ4n) is 5.75. The number of benzene rings is 1. The van der Waals surface area contributed by atoms with Gasteiger partial charge in [-0.3, -0.25) is 19.2 Å². The van der Waals surface area contributed by atoms with Crippen molar-refractivity contribution in [1.82, 2.24) is 16.0 Å². The molecule has 1 aromatic rings. The molecule has 2 fully saturated rings. The number of primary amides is 1. The van der Waals surface area contributed by atoms with Gasteiger partial charge < -0.3 is 50.8 Å². The Labute approximate surface area is 300 Å². The maximum absolute atomic E-state index is 13.7. The van der Waals surface area contributed by atoms with Crippen molar-refractivity contribution >= 4 is 30.3 Å². The van der Waals surface area contributed by atoms with Crippen molar-refractivity contribution in [1.29, 1.82) is 0 Å². The molecule has 7 N–H and O–H groups in total. The minimum Gasteiger partial charge on any atom is -0.457 e. The molecule has 1 heterocycles. The van der Waals surface area contributed by atoms with Crippen molar-refractivity contribution in [2.45, 2.75) is 135 Å². The number of nitrogens with one attached hydrogen (secondary N) is 3. The lowest BCUT2D eigenvalue weighted by Gasteiger charge is -2.29. The number of hydrogen-bond donors (Lipinski definition) is 6. The molecule has 1 aromatic carbocycles. The Morgan fingerprint density at radius 3 is 2.24 bits per heavy atom. The van der Waals surface area contributed by atoms with E-state index < -0.39 is 49.4 Å². The number of rotatable bonds is 18. The van der Waals surface area contributed by atoms with E-state index in [2.05, 4.69) is 42.5 Å². The van der Waals surface area contributed by atoms with Gasteiger partial charge >= 0.3 is 6.16 Å². The Kier molecular flexibility index (Phi) is 17.6. The van der Waals surface area contributed by atoms with Gasteiger partial charge in [0.15, 0.2) is 6.29 Å². The average molecular weight is 723 g/mol. The van der Waals surface area contributed by atoms with Crippen molar-refractivity contribution in [3.05, 3.63) is 29.8 Å². The second-order valence-electron chi connectivity index (χ2n) is 14.1. The molecule has 7 unspecified atom stereocenters. The van der Waals surface area contributed by atoms with Crippen LogP contribution in [-0.2, 0) is 39.8 Å². The summed E-state index contributed by atoms with van der Waals surface area (Å²) in [6.45, 7) is 11.5. The summed E-state index contributed by atoms with van der Waals surface area (Å²) in [6, 6.07) is 5.10. The molecule has 2 aliphatic rings. The molecule has 51 heavy (non-hydrogen) atoms. The van der Waals surface area contributed by atoms with Crippen LogP contribution in [0.15, 0.2) is 24.3 Å². The molecule has 1 saturated carbocycles. The molecule has 0 spiro atoms. The number of amides is 4. The first-order chi connectivity index (χ1) is 24.1. The van der Waals surface area contributed by atoms with E-state index in [1.54, 1.807) is 24.3 Å². The molecule has 7 atom stereocenters. The van der Waals surface area contributed by atoms with E-state index in [-0.39, 0.29) is 61.0 Å². The number of ether oxygens (including phenoxy) is 4. The van der Waals surface area contributed by atoms with Gasteiger partial charge in [0, 0.05) is 31.2 Å². The summed E-state index contributed by atoms with van der Waals surface area (Å²) in [7, 11) is 0. The topological polar surface area (TPSA) is 225 Å². The van der Waals surface area contributed by atoms with Gasteiger partial charge in [-0.25, -0.2) is 4.79 Å². The number of hydrogen-bond acceptors (Lipinski definition) is 11. The summed E-state index contributed by atoms with van der Waals surface area (Å²) >= 11 is 0. The molecule has 288 valence electrons. The molecule has 1 aliphatic carbocycles. The Hall–Kier alpha value is -3.95. The van der Waals surface area contributed by atoms with Gasteiger partial charge in [0.1, 0.15) is 24.4 Å². The first-order valence-corrected chi connectivity index (χ1v) is 17.7. The summed E-state index contributed by atoms with van der Waals surface area (Å²) < 4.78 is 20.6. The van der Waals surface area contributed by atoms with Gasteiger partial charge in [0.25, 0.3) is 0 Å². The highest BCUT2D eigenvalue weighted by atomic mass is 16.8. The number of carbonyl (C=O) groups excluding carboxylic acids is 5. The Bertz CT molecular complexity index is 1270. The van der Waals surface area contributed by atoms with Crippen LogP contribution < -0.4 is 26.4 Å². The van der Waals surface area contributed by atoms with Crippen LogP contribution in [0.3, 0.4) is 0 Å². The van der Waals surface area contributed by atoms with Gasteiger partial charge in [-0.1, -0.05) is 66.0 Å². The van der Waals surface area contributed by atoms with Crippen LogP contribution in [0.5, 0.6) is 5.75 Å². The number of aliphatic hydroxyl groups is 2. The van der Waals surface area contributed by atoms with E-state index in [0.717, 1.165) is 24.8 Å². The number of aliphatic hydroxyl groups excluding tert-OH is 2. The molecule has 4 amide bonds. The molecule has 0 radical (unpaired) electrons. The highest BCUT2D eigenvalue weighted by Crippen LogP contribution is 2.55. The smallest absolute Gasteiger partial charge is 0.457 e. The molecule has 1 saturated heterocycles. The van der Waals surface area contributed by atoms with Gasteiger partial charge in [0.05, 0.1) is 12.2 Å². The van der Waals surface area contributed by atoms with Gasteiger partial charge in [-0.05, 0) is 48.8 Å². The van der Waals surface area contributed by atoms with Crippen LogP contribution in [-0.4, -0.2) is 90.0 Å². The fourth-order valence-corrected chi connectivity index (χ4v) is 5.75. The summed E-state index contributed by atoms with van der Waals surface area (Å²) in [5.41, 5.74) is 4.56. The first-order valence-electron chi connectivity index (χ1n) is 17.7. The predicted molar refractivity (Wildman–Crippen MR) is 187 cm³/mol. The third-order valence-electron chi connectivity index (χ3n) is 9.53. The zero-order chi connectivity index (χ0) is 38.2. The third-order valence-corrected chi connectivity index (χ3v) is 9.53. The number of nitrogens with two attached hydrogens (primary N) is 1. The third kappa shape index (κ3) is 14.7. The van der Waals surface area contributed by atoms with Gasteiger partial charge in [-0.15, -0.1) is 0 Å². The zero-order valence-electron chi connectivity index (χ0n) is 30.8. The van der Waals surface area contributed by atoms with Crippen LogP contribution in [0.2, 0.25) is 0 Å². The second-order valence-corrected chi connectivity index (χ2v) is 14.1. The van der Waals surface area contributed by atoms with E-state index in [9.17, 15) is 29.4 Å². The summed E-state index contributed by atoms with van der Waals surface area (Å²) in [5, 5.41) is 28.2. The van der Waals surface area contributed by atoms with Crippen LogP contribution in [0, 0.1) is 11.3 Å². The van der Waals surface area contributed by atoms with E-state index in [1.165, 1.54) is 0 Å². The van der Waals surface area contributed by atoms with Crippen molar-refractivity contribution < 1.29 is 53.1 Å². The lowest BCUT2D eigenvalue weighted by Crippen LogP contribution is -2.57. The first kappa shape index (κ1) is 43.2. The molecule has 1 aliphatic heterocycles. The SMILES string of the molecule is CCCCCC(=O)NC(Cc1ccc(OCOC(=O)OCC2CC(O)CC(O)O2)cc1)C(=O)NC(C(=O)NC1(C)CC1(C)C)C(C)CC.NC=O. The Morgan fingerprint density at radius 2 is 1.67 bits per heavy atom. The molecular weight excluding hydrogens is 664 g/mol. The van der Waals surface area contributed by atoms with E-state index in [1.807, 2.05) is 20.8 Å². The normalized spacial score (nSPS) is 23.5. The highest BCUT2D eigenvalue weighted by Gasteiger charge is 2.58. The van der Waals surface area contributed by atoms with Crippen molar-refractivity contribution in [3.63, 3.8) is 0 Å². The van der Waals surface area contributed by atoms with Crippen LogP contribution >= 0.6 is 0 Å². The van der Waals surface area contributed by atoms with E-state index in [4.69, 9.17) is 23.7 Å². The van der Waals surface area contributed by atoms with E-state index in [0.29, 0.717) is 25.0 Å². The Morgan fingerprint density at radius 1 is 1.02 bits per heavy atom. The zero-order valence-corrected chi connectivity index (χ0v) is 30.8. The van der Waals surface area contributed by atoms with Crippen LogP contribution in [0.1, 0.15) is 98.5 Å². The lowest BCUT2D eigenvalue weighted by molar-refractivity contribution is -0.198. The van der Waals surface area contributed by atoms with E-state index >= 15 is 0 Å². The fraction of sp³-hybridized carbons (Fsp3) is 0.694. The highest BCUT2D eigenvalue weighted by molar-refractivity contribution is 5.92. The molecule has 15 heteroatoms. The summed E-state index contributed by atoms with van der Waals surface area (Å²) in [4.78, 5) is 60.4. The van der Waals surface area contributed by atoms with Crippen LogP contribution in [0.25, 0.3) is 0 Å². The predicted octanol–water partition coefficient (Wildman–Crippen LogP) is 2.58. The van der Waals surface area contributed by atoms with Gasteiger partial charge in [0.2, 0.25) is 30.9 Å². The molecule has 15 nitrogen and oxygen atoms in total. The minimum absolute atomic E-state index is 0.0203. The maximum atomic E-state index is 13.7. The lowest BCUT2D eigenvalue weighted by atomic mass is 9.96. The molecule has 3 rings (SSSR count). The molecule has 0 aromatic heterocycles. The standard InChI is InChI=1S/C35H55N3O10.CH3NO/c1-7-9-10-11-28(40)36-27(31(42)37-30(22(3)8-2)32(43)38-35(6)20-34(35,4)5)16-23-12-14-25(15-13-23)46-21-47-33(44)45-19-26-17-24(39)18-29(41)48-26;2-1-3/h12-15,22,24,26-27,29-30,39,41H,7-11,16-21H2,1-6H3,(H,36,40)(H,37,42)(H,38,43);1H,(H2,2,3). The molecule has 0 bridgehead atoms. The monoisotopic (exact) mass is 722 g/mol. The largest absolute Gasteiger partial charge is 0.511 e. The average Bonchev–Trinajstić information content (AvgIpc) is 3.57. The Balaban J connectivity index is 0.00000290. The quantitative estimate of drug-likeness (QED) is 0.0559. The minimum atomic E-state index is -1.12. The summed E-state index contributed by atoms with van der Waals surface area (Å²) in [5.74, 6) is -0.631. The van der Waals surface area contributed by atoms with Crippen LogP contribution in [0.4, 0.5) is 4.79 Å². The summed E-state index contributed by atoms with van der Waals surface area (Å²) in [6.07, 6.45) is 1.67. The van der Waals surface area contributed by atoms with Crippen molar-refractivity contribution in [3.8, 4) is 5.75 Å². The van der Waals surface area contributed by atoms with Crippen molar-refractivity contribution in [2.75, 3.05) is 13.4 Å². The number of unbranched alkanes of at least 4 members (excludes halogenated alkanes) is 2. The molecular formula is C36H58N4O11. The van der Waals surface area contributed by atoms with Crippen molar-refractivity contribution in [2.24, 2.45) is 17.1 Å². The second kappa shape index (κ2) is 20.8. The van der Waals surface area contributed by atoms with Gasteiger partial charge in [-0.2, -0.15) is 0 Å².